The quantitative estimate of drug-likeness (QED) is 0.192. The van der Waals surface area contributed by atoms with Crippen LogP contribution in [-0.2, 0) is 9.53 Å². The number of carbonyl (C=O) groups excluding carboxylic acids is 1. The van der Waals surface area contributed by atoms with Crippen molar-refractivity contribution in [2.45, 2.75) is 98.4 Å². The van der Waals surface area contributed by atoms with Crippen LogP contribution in [0, 0.1) is 58.2 Å². The van der Waals surface area contributed by atoms with Gasteiger partial charge in [-0.25, -0.2) is 0 Å². The number of methoxy groups -OCH3 is 1. The Morgan fingerprint density at radius 3 is 2.59 bits per heavy atom. The van der Waals surface area contributed by atoms with Crippen molar-refractivity contribution >= 4 is 5.97 Å². The minimum atomic E-state index is -0.0653. The lowest BCUT2D eigenvalue weighted by atomic mass is 9.40. The highest BCUT2D eigenvalue weighted by Gasteiger charge is 2.64. The predicted octanol–water partition coefficient (Wildman–Crippen LogP) is 7.41. The molecular weight excluding hydrogens is 398 g/mol. The highest BCUT2D eigenvalue weighted by molar-refractivity contribution is 5.69. The summed E-state index contributed by atoms with van der Waals surface area (Å²) >= 11 is 0. The SMILES string of the molecule is COC(=O)CCC(C)C1CCC2C3C(C)CC4CC(N=[N+]=[N-])CCC4(C)C3CC(C)C12C. The van der Waals surface area contributed by atoms with Gasteiger partial charge in [-0.05, 0) is 115 Å². The van der Waals surface area contributed by atoms with Gasteiger partial charge in [0.1, 0.15) is 0 Å². The van der Waals surface area contributed by atoms with Crippen molar-refractivity contribution < 1.29 is 9.53 Å². The second-order valence-electron chi connectivity index (χ2n) is 12.6. The van der Waals surface area contributed by atoms with E-state index in [-0.39, 0.29) is 12.0 Å². The van der Waals surface area contributed by atoms with E-state index in [1.165, 1.54) is 39.2 Å². The fourth-order valence-electron chi connectivity index (χ4n) is 9.75. The maximum atomic E-state index is 11.8. The van der Waals surface area contributed by atoms with E-state index in [1.807, 2.05) is 0 Å². The molecule has 0 aromatic carbocycles. The van der Waals surface area contributed by atoms with Crippen LogP contribution in [0.25, 0.3) is 10.4 Å². The first-order valence-corrected chi connectivity index (χ1v) is 13.3. The zero-order valence-corrected chi connectivity index (χ0v) is 21.2. The summed E-state index contributed by atoms with van der Waals surface area (Å²) < 4.78 is 4.92. The van der Waals surface area contributed by atoms with Crippen LogP contribution in [0.15, 0.2) is 5.11 Å². The molecule has 4 aliphatic rings. The number of azide groups is 1. The van der Waals surface area contributed by atoms with E-state index in [9.17, 15) is 4.79 Å². The van der Waals surface area contributed by atoms with Gasteiger partial charge in [0, 0.05) is 17.4 Å². The van der Waals surface area contributed by atoms with Crippen LogP contribution >= 0.6 is 0 Å². The first kappa shape index (κ1) is 23.9. The molecule has 0 spiro atoms. The minimum Gasteiger partial charge on any atom is -0.469 e. The molecule has 4 rings (SSSR count). The van der Waals surface area contributed by atoms with Crippen LogP contribution in [0.5, 0.6) is 0 Å². The largest absolute Gasteiger partial charge is 0.469 e. The highest BCUT2D eigenvalue weighted by atomic mass is 16.5. The Balaban J connectivity index is 1.57. The molecule has 4 aliphatic carbocycles. The summed E-state index contributed by atoms with van der Waals surface area (Å²) in [5.41, 5.74) is 9.76. The van der Waals surface area contributed by atoms with Crippen LogP contribution in [0.2, 0.25) is 0 Å². The van der Waals surface area contributed by atoms with E-state index < -0.39 is 0 Å². The molecule has 0 aromatic heterocycles. The number of hydrogen-bond donors (Lipinski definition) is 0. The summed E-state index contributed by atoms with van der Waals surface area (Å²) in [5.74, 6) is 5.84. The number of ether oxygens (including phenoxy) is 1. The van der Waals surface area contributed by atoms with Gasteiger partial charge in [-0.15, -0.1) is 0 Å². The molecule has 0 radical (unpaired) electrons. The summed E-state index contributed by atoms with van der Waals surface area (Å²) in [6.07, 6.45) is 10.2. The summed E-state index contributed by atoms with van der Waals surface area (Å²) in [6, 6.07) is 0.208. The Morgan fingerprint density at radius 2 is 1.91 bits per heavy atom. The van der Waals surface area contributed by atoms with E-state index in [0.29, 0.717) is 35.0 Å². The van der Waals surface area contributed by atoms with Gasteiger partial charge >= 0.3 is 5.97 Å². The van der Waals surface area contributed by atoms with E-state index in [0.717, 1.165) is 48.9 Å². The minimum absolute atomic E-state index is 0.0653. The molecule has 180 valence electrons. The third kappa shape index (κ3) is 3.67. The average Bonchev–Trinajstić information content (AvgIpc) is 3.12. The predicted molar refractivity (Wildman–Crippen MR) is 128 cm³/mol. The molecule has 0 bridgehead atoms. The molecule has 11 unspecified atom stereocenters. The molecule has 0 heterocycles. The molecule has 4 fully saturated rings. The van der Waals surface area contributed by atoms with Gasteiger partial charge in [0.25, 0.3) is 0 Å². The highest BCUT2D eigenvalue weighted by Crippen LogP contribution is 2.71. The van der Waals surface area contributed by atoms with Crippen molar-refractivity contribution in [2.24, 2.45) is 63.3 Å². The molecule has 4 saturated carbocycles. The summed E-state index contributed by atoms with van der Waals surface area (Å²) in [5, 5.41) is 4.13. The number of fused-ring (bicyclic) bond motifs is 5. The zero-order valence-electron chi connectivity index (χ0n) is 21.2. The van der Waals surface area contributed by atoms with Crippen molar-refractivity contribution in [1.82, 2.24) is 0 Å². The van der Waals surface area contributed by atoms with Gasteiger partial charge < -0.3 is 4.74 Å². The van der Waals surface area contributed by atoms with Crippen LogP contribution in [-0.4, -0.2) is 19.1 Å². The van der Waals surface area contributed by atoms with Crippen LogP contribution in [0.4, 0.5) is 0 Å². The van der Waals surface area contributed by atoms with Gasteiger partial charge in [0.05, 0.1) is 7.11 Å². The topological polar surface area (TPSA) is 75.1 Å². The fourth-order valence-corrected chi connectivity index (χ4v) is 9.75. The van der Waals surface area contributed by atoms with Gasteiger partial charge in [0.2, 0.25) is 0 Å². The van der Waals surface area contributed by atoms with Gasteiger partial charge in [-0.1, -0.05) is 39.7 Å². The molecule has 0 saturated heterocycles. The molecular formula is C27H45N3O2. The molecule has 0 amide bonds. The van der Waals surface area contributed by atoms with Crippen LogP contribution < -0.4 is 0 Å². The van der Waals surface area contributed by atoms with Crippen LogP contribution in [0.3, 0.4) is 0 Å². The van der Waals surface area contributed by atoms with Gasteiger partial charge in [0.15, 0.2) is 0 Å². The standard InChI is InChI=1S/C27H45N3O2/c1-16(7-10-24(31)32-6)21-8-9-22-25-17(2)13-19-15-20(29-30-28)11-12-26(19,4)23(25)14-18(3)27(21,22)5/h16-23,25H,7-15H2,1-6H3. The Labute approximate surface area is 195 Å². The zero-order chi connectivity index (χ0) is 23.3. The molecule has 11 atom stereocenters. The third-order valence-electron chi connectivity index (χ3n) is 11.6. The maximum absolute atomic E-state index is 11.8. The summed E-state index contributed by atoms with van der Waals surface area (Å²) in [6.45, 7) is 12.7. The Bertz CT molecular complexity index is 764. The summed E-state index contributed by atoms with van der Waals surface area (Å²) in [4.78, 5) is 14.9. The van der Waals surface area contributed by atoms with E-state index in [1.54, 1.807) is 0 Å². The molecule has 5 heteroatoms. The molecule has 0 aromatic rings. The van der Waals surface area contributed by atoms with Crippen molar-refractivity contribution in [3.8, 4) is 0 Å². The molecule has 0 aliphatic heterocycles. The Morgan fingerprint density at radius 1 is 1.16 bits per heavy atom. The first-order chi connectivity index (χ1) is 15.2. The maximum Gasteiger partial charge on any atom is 0.305 e. The third-order valence-corrected chi connectivity index (χ3v) is 11.6. The second-order valence-corrected chi connectivity index (χ2v) is 12.6. The van der Waals surface area contributed by atoms with Crippen molar-refractivity contribution in [1.29, 1.82) is 0 Å². The van der Waals surface area contributed by atoms with Crippen molar-refractivity contribution in [2.75, 3.05) is 7.11 Å². The van der Waals surface area contributed by atoms with Gasteiger partial charge in [-0.3, -0.25) is 4.79 Å². The molecule has 0 N–H and O–H groups in total. The molecule has 32 heavy (non-hydrogen) atoms. The second kappa shape index (κ2) is 8.85. The van der Waals surface area contributed by atoms with Gasteiger partial charge in [-0.2, -0.15) is 0 Å². The first-order valence-electron chi connectivity index (χ1n) is 13.3. The normalized spacial score (nSPS) is 48.6. The fraction of sp³-hybridized carbons (Fsp3) is 0.963. The lowest BCUT2D eigenvalue weighted by molar-refractivity contribution is -0.160. The smallest absolute Gasteiger partial charge is 0.305 e. The van der Waals surface area contributed by atoms with Crippen molar-refractivity contribution in [3.05, 3.63) is 10.4 Å². The number of rotatable bonds is 5. The monoisotopic (exact) mass is 443 g/mol. The summed E-state index contributed by atoms with van der Waals surface area (Å²) in [7, 11) is 1.50. The lowest BCUT2D eigenvalue weighted by Gasteiger charge is -2.65. The average molecular weight is 444 g/mol. The van der Waals surface area contributed by atoms with Crippen LogP contribution in [0.1, 0.15) is 92.4 Å². The molecule has 5 nitrogen and oxygen atoms in total. The Kier molecular flexibility index (Phi) is 6.62. The van der Waals surface area contributed by atoms with E-state index in [4.69, 9.17) is 10.3 Å². The number of esters is 1. The van der Waals surface area contributed by atoms with E-state index >= 15 is 0 Å². The number of nitrogens with zero attached hydrogens (tertiary/aromatic N) is 3. The lowest BCUT2D eigenvalue weighted by Crippen LogP contribution is -2.58. The van der Waals surface area contributed by atoms with E-state index in [2.05, 4.69) is 44.6 Å². The number of hydrogen-bond acceptors (Lipinski definition) is 3. The van der Waals surface area contributed by atoms with Crippen molar-refractivity contribution in [3.63, 3.8) is 0 Å². The Hall–Kier alpha value is -1.22. The number of carbonyl (C=O) groups is 1.